The van der Waals surface area contributed by atoms with Gasteiger partial charge in [0.15, 0.2) is 0 Å². The number of hydrogen-bond donors (Lipinski definition) is 2. The first-order chi connectivity index (χ1) is 17.3. The molecule has 0 aromatic heterocycles. The topological polar surface area (TPSA) is 81.8 Å². The van der Waals surface area contributed by atoms with Gasteiger partial charge in [0, 0.05) is 36.9 Å². The molecule has 2 aromatic rings. The molecule has 2 saturated heterocycles. The van der Waals surface area contributed by atoms with Gasteiger partial charge in [-0.1, -0.05) is 35.4 Å². The van der Waals surface area contributed by atoms with Crippen LogP contribution in [0.1, 0.15) is 60.5 Å². The Kier molecular flexibility index (Phi) is 8.28. The van der Waals surface area contributed by atoms with Crippen LogP contribution in [0, 0.1) is 19.8 Å². The maximum absolute atomic E-state index is 13.7. The third-order valence-electron chi connectivity index (χ3n) is 7.55. The molecule has 36 heavy (non-hydrogen) atoms. The predicted octanol–water partition coefficient (Wildman–Crippen LogP) is 4.75. The zero-order chi connectivity index (χ0) is 25.7. The molecule has 0 saturated carbocycles. The largest absolute Gasteiger partial charge is 0.340 e. The molecule has 4 amide bonds. The summed E-state index contributed by atoms with van der Waals surface area (Å²) >= 11 is 0. The van der Waals surface area contributed by atoms with E-state index in [1.807, 2.05) is 55.1 Å². The van der Waals surface area contributed by atoms with E-state index in [1.165, 1.54) is 0 Å². The van der Waals surface area contributed by atoms with Crippen LogP contribution < -0.4 is 10.6 Å². The fraction of sp³-hybridized carbons (Fsp3) is 0.483. The van der Waals surface area contributed by atoms with E-state index >= 15 is 0 Å². The van der Waals surface area contributed by atoms with Crippen molar-refractivity contribution in [3.8, 4) is 0 Å². The van der Waals surface area contributed by atoms with Gasteiger partial charge >= 0.3 is 6.03 Å². The highest BCUT2D eigenvalue weighted by Gasteiger charge is 2.38. The highest BCUT2D eigenvalue weighted by molar-refractivity contribution is 5.97. The molecule has 2 N–H and O–H groups in total. The van der Waals surface area contributed by atoms with Gasteiger partial charge in [-0.05, 0) is 83.1 Å². The molecule has 2 aliphatic heterocycles. The second-order valence-corrected chi connectivity index (χ2v) is 10.3. The van der Waals surface area contributed by atoms with Crippen LogP contribution in [0.25, 0.3) is 0 Å². The molecule has 0 radical (unpaired) electrons. The Balaban J connectivity index is 1.44. The number of rotatable bonds is 5. The monoisotopic (exact) mass is 490 g/mol. The van der Waals surface area contributed by atoms with Gasteiger partial charge in [-0.3, -0.25) is 9.59 Å². The quantitative estimate of drug-likeness (QED) is 0.635. The Bertz CT molecular complexity index is 1060. The average molecular weight is 491 g/mol. The van der Waals surface area contributed by atoms with E-state index in [2.05, 4.69) is 17.6 Å². The minimum Gasteiger partial charge on any atom is -0.340 e. The summed E-state index contributed by atoms with van der Waals surface area (Å²) in [4.78, 5) is 43.4. The van der Waals surface area contributed by atoms with Crippen molar-refractivity contribution in [3.05, 3.63) is 65.2 Å². The van der Waals surface area contributed by atoms with Crippen LogP contribution in [-0.4, -0.2) is 59.4 Å². The number of carbonyl (C=O) groups excluding carboxylic acids is 3. The molecule has 2 atom stereocenters. The molecular weight excluding hydrogens is 452 g/mol. The smallest absolute Gasteiger partial charge is 0.321 e. The average Bonchev–Trinajstić information content (AvgIpc) is 2.89. The third-order valence-corrected chi connectivity index (χ3v) is 7.55. The van der Waals surface area contributed by atoms with Gasteiger partial charge in [-0.25, -0.2) is 4.79 Å². The van der Waals surface area contributed by atoms with Gasteiger partial charge in [-0.15, -0.1) is 0 Å². The summed E-state index contributed by atoms with van der Waals surface area (Å²) in [6.07, 6.45) is 4.43. The van der Waals surface area contributed by atoms with Crippen LogP contribution in [0.15, 0.2) is 48.5 Å². The Morgan fingerprint density at radius 1 is 0.833 bits per heavy atom. The molecule has 4 rings (SSSR count). The van der Waals surface area contributed by atoms with Gasteiger partial charge in [0.05, 0.1) is 0 Å². The van der Waals surface area contributed by atoms with E-state index in [4.69, 9.17) is 0 Å². The minimum atomic E-state index is -0.596. The molecule has 0 aliphatic carbocycles. The maximum Gasteiger partial charge on any atom is 0.321 e. The van der Waals surface area contributed by atoms with Gasteiger partial charge in [0.25, 0.3) is 5.91 Å². The summed E-state index contributed by atoms with van der Waals surface area (Å²) in [6, 6.07) is 14.6. The highest BCUT2D eigenvalue weighted by Crippen LogP contribution is 2.26. The first-order valence-electron chi connectivity index (χ1n) is 13.1. The molecule has 0 spiro atoms. The number of hydrogen-bond acceptors (Lipinski definition) is 3. The number of piperidine rings is 2. The zero-order valence-electron chi connectivity index (χ0n) is 21.6. The second kappa shape index (κ2) is 11.6. The molecular formula is C29H38N4O3. The summed E-state index contributed by atoms with van der Waals surface area (Å²) in [7, 11) is 0. The van der Waals surface area contributed by atoms with Crippen LogP contribution in [0.2, 0.25) is 0 Å². The van der Waals surface area contributed by atoms with Crippen molar-refractivity contribution in [1.29, 1.82) is 0 Å². The van der Waals surface area contributed by atoms with E-state index in [0.717, 1.165) is 42.6 Å². The number of nitrogens with one attached hydrogen (secondary N) is 2. The number of nitrogens with zero attached hydrogens (tertiary/aromatic N) is 2. The Labute approximate surface area is 214 Å². The van der Waals surface area contributed by atoms with E-state index < -0.39 is 6.04 Å². The molecule has 2 aliphatic rings. The third kappa shape index (κ3) is 6.25. The van der Waals surface area contributed by atoms with Crippen molar-refractivity contribution >= 4 is 23.5 Å². The predicted molar refractivity (Wildman–Crippen MR) is 142 cm³/mol. The van der Waals surface area contributed by atoms with Gasteiger partial charge in [-0.2, -0.15) is 0 Å². The lowest BCUT2D eigenvalue weighted by molar-refractivity contribution is -0.138. The minimum absolute atomic E-state index is 0.00483. The molecule has 192 valence electrons. The van der Waals surface area contributed by atoms with Crippen molar-refractivity contribution in [2.24, 2.45) is 5.92 Å². The number of likely N-dealkylation sites (tertiary alicyclic amines) is 2. The number of amides is 4. The van der Waals surface area contributed by atoms with Crippen molar-refractivity contribution in [2.45, 2.75) is 65.0 Å². The first-order valence-corrected chi connectivity index (χ1v) is 13.1. The summed E-state index contributed by atoms with van der Waals surface area (Å²) in [5.74, 6) is -0.243. The van der Waals surface area contributed by atoms with E-state index in [1.54, 1.807) is 17.0 Å². The number of urea groups is 1. The number of carbonyl (C=O) groups is 3. The zero-order valence-corrected chi connectivity index (χ0v) is 21.6. The number of aryl methyl sites for hydroxylation is 2. The fourth-order valence-corrected chi connectivity index (χ4v) is 5.19. The Morgan fingerprint density at radius 3 is 2.06 bits per heavy atom. The lowest BCUT2D eigenvalue weighted by Crippen LogP contribution is -2.57. The standard InChI is InChI=1S/C29H38N4O3/c1-20-7-11-24(12-8-20)27(34)31-26(28(35)33-17-5-4-6-22(33)3)23-15-18-32(19-16-23)29(36)30-25-13-9-21(2)10-14-25/h7-14,22-23,26H,4-6,15-19H2,1-3H3,(H,30,36)(H,31,34)/t22-,26+/m1/s1. The lowest BCUT2D eigenvalue weighted by atomic mass is 9.87. The molecule has 0 unspecified atom stereocenters. The molecule has 2 aromatic carbocycles. The number of benzene rings is 2. The van der Waals surface area contributed by atoms with Crippen LogP contribution >= 0.6 is 0 Å². The maximum atomic E-state index is 13.7. The Morgan fingerprint density at radius 2 is 1.44 bits per heavy atom. The highest BCUT2D eigenvalue weighted by atomic mass is 16.2. The van der Waals surface area contributed by atoms with Crippen LogP contribution in [0.4, 0.5) is 10.5 Å². The summed E-state index contributed by atoms with van der Waals surface area (Å²) in [5.41, 5.74) is 3.54. The number of anilines is 1. The summed E-state index contributed by atoms with van der Waals surface area (Å²) in [6.45, 7) is 7.90. The summed E-state index contributed by atoms with van der Waals surface area (Å²) in [5, 5.41) is 6.04. The molecule has 2 heterocycles. The van der Waals surface area contributed by atoms with E-state index in [9.17, 15) is 14.4 Å². The van der Waals surface area contributed by atoms with E-state index in [-0.39, 0.29) is 29.8 Å². The van der Waals surface area contributed by atoms with Gasteiger partial charge < -0.3 is 20.4 Å². The van der Waals surface area contributed by atoms with Crippen molar-refractivity contribution < 1.29 is 14.4 Å². The molecule has 0 bridgehead atoms. The van der Waals surface area contributed by atoms with Crippen molar-refractivity contribution in [1.82, 2.24) is 15.1 Å². The normalized spacial score (nSPS) is 19.5. The molecule has 2 fully saturated rings. The van der Waals surface area contributed by atoms with Crippen LogP contribution in [0.5, 0.6) is 0 Å². The van der Waals surface area contributed by atoms with Gasteiger partial charge in [0.2, 0.25) is 5.91 Å². The van der Waals surface area contributed by atoms with Crippen molar-refractivity contribution in [3.63, 3.8) is 0 Å². The summed E-state index contributed by atoms with van der Waals surface area (Å²) < 4.78 is 0. The van der Waals surface area contributed by atoms with Crippen molar-refractivity contribution in [2.75, 3.05) is 25.0 Å². The fourth-order valence-electron chi connectivity index (χ4n) is 5.19. The van der Waals surface area contributed by atoms with Gasteiger partial charge in [0.1, 0.15) is 6.04 Å². The Hall–Kier alpha value is -3.35. The van der Waals surface area contributed by atoms with Crippen LogP contribution in [-0.2, 0) is 4.79 Å². The first kappa shape index (κ1) is 25.7. The molecule has 7 heteroatoms. The SMILES string of the molecule is Cc1ccc(NC(=O)N2CCC([C@H](NC(=O)c3ccc(C)cc3)C(=O)N3CCCC[C@H]3C)CC2)cc1. The van der Waals surface area contributed by atoms with E-state index in [0.29, 0.717) is 31.5 Å². The molecule has 7 nitrogen and oxygen atoms in total. The van der Waals surface area contributed by atoms with Crippen LogP contribution in [0.3, 0.4) is 0 Å². The second-order valence-electron chi connectivity index (χ2n) is 10.3. The lowest BCUT2D eigenvalue weighted by Gasteiger charge is -2.40.